The van der Waals surface area contributed by atoms with Gasteiger partial charge in [-0.2, -0.15) is 5.10 Å². The Hall–Kier alpha value is -1.43. The van der Waals surface area contributed by atoms with Crippen LogP contribution in [0.5, 0.6) is 0 Å². The lowest BCUT2D eigenvalue weighted by Gasteiger charge is -2.14. The van der Waals surface area contributed by atoms with Gasteiger partial charge in [0.15, 0.2) is 0 Å². The van der Waals surface area contributed by atoms with E-state index in [9.17, 15) is 4.79 Å². The van der Waals surface area contributed by atoms with Crippen LogP contribution in [0.15, 0.2) is 12.7 Å². The van der Waals surface area contributed by atoms with E-state index in [1.807, 2.05) is 0 Å². The van der Waals surface area contributed by atoms with Gasteiger partial charge < -0.3 is 10.1 Å². The highest BCUT2D eigenvalue weighted by Gasteiger charge is 2.19. The molecule has 2 heterocycles. The summed E-state index contributed by atoms with van der Waals surface area (Å²) in [7, 11) is 0. The maximum atomic E-state index is 11.7. The Morgan fingerprint density at radius 2 is 2.62 bits per heavy atom. The highest BCUT2D eigenvalue weighted by atomic mass is 16.5. The third-order valence-corrected chi connectivity index (χ3v) is 2.74. The molecular formula is C10H16N4O2. The Labute approximate surface area is 94.0 Å². The highest BCUT2D eigenvalue weighted by molar-refractivity contribution is 5.79. The lowest BCUT2D eigenvalue weighted by Crippen LogP contribution is -2.36. The number of hydrogen-bond donors (Lipinski definition) is 1. The van der Waals surface area contributed by atoms with Gasteiger partial charge in [0.25, 0.3) is 0 Å². The van der Waals surface area contributed by atoms with Gasteiger partial charge in [0.2, 0.25) is 5.91 Å². The zero-order chi connectivity index (χ0) is 11.4. The highest BCUT2D eigenvalue weighted by Crippen LogP contribution is 2.11. The first kappa shape index (κ1) is 11.1. The number of nitrogens with zero attached hydrogens (tertiary/aromatic N) is 3. The van der Waals surface area contributed by atoms with E-state index >= 15 is 0 Å². The van der Waals surface area contributed by atoms with Crippen LogP contribution >= 0.6 is 0 Å². The van der Waals surface area contributed by atoms with Crippen molar-refractivity contribution in [2.75, 3.05) is 13.2 Å². The Morgan fingerprint density at radius 3 is 3.25 bits per heavy atom. The molecule has 0 aliphatic carbocycles. The summed E-state index contributed by atoms with van der Waals surface area (Å²) in [4.78, 5) is 15.6. The second-order valence-corrected chi connectivity index (χ2v) is 3.93. The number of aromatic nitrogens is 3. The lowest BCUT2D eigenvalue weighted by molar-refractivity contribution is -0.124. The van der Waals surface area contributed by atoms with Crippen molar-refractivity contribution in [3.8, 4) is 0 Å². The molecule has 2 rings (SSSR count). The SMILES string of the molecule is C[C@H](C(=O)NC[C@@H]1CCCO1)n1cncn1. The quantitative estimate of drug-likeness (QED) is 0.789. The predicted octanol–water partition coefficient (Wildman–Crippen LogP) is 0.134. The molecule has 0 aromatic carbocycles. The Balaban J connectivity index is 1.79. The molecule has 0 bridgehead atoms. The molecule has 2 atom stereocenters. The molecule has 6 nitrogen and oxygen atoms in total. The molecule has 1 aromatic heterocycles. The number of rotatable bonds is 4. The van der Waals surface area contributed by atoms with Gasteiger partial charge in [-0.3, -0.25) is 4.79 Å². The summed E-state index contributed by atoms with van der Waals surface area (Å²) in [5.41, 5.74) is 0. The fourth-order valence-electron chi connectivity index (χ4n) is 1.70. The summed E-state index contributed by atoms with van der Waals surface area (Å²) >= 11 is 0. The summed E-state index contributed by atoms with van der Waals surface area (Å²) in [5.74, 6) is -0.0546. The van der Waals surface area contributed by atoms with Crippen molar-refractivity contribution >= 4 is 5.91 Å². The molecule has 1 N–H and O–H groups in total. The molecule has 88 valence electrons. The van der Waals surface area contributed by atoms with Crippen LogP contribution in [-0.4, -0.2) is 39.9 Å². The maximum Gasteiger partial charge on any atom is 0.244 e. The Kier molecular flexibility index (Phi) is 3.51. The largest absolute Gasteiger partial charge is 0.376 e. The number of amides is 1. The van der Waals surface area contributed by atoms with Gasteiger partial charge in [0, 0.05) is 13.2 Å². The third kappa shape index (κ3) is 2.57. The van der Waals surface area contributed by atoms with Crippen molar-refractivity contribution in [2.45, 2.75) is 31.9 Å². The van der Waals surface area contributed by atoms with Gasteiger partial charge in [0.1, 0.15) is 18.7 Å². The lowest BCUT2D eigenvalue weighted by atomic mass is 10.2. The van der Waals surface area contributed by atoms with Gasteiger partial charge in [0.05, 0.1) is 6.10 Å². The normalized spacial score (nSPS) is 21.9. The van der Waals surface area contributed by atoms with Crippen LogP contribution in [-0.2, 0) is 9.53 Å². The molecule has 0 spiro atoms. The van der Waals surface area contributed by atoms with Crippen molar-refractivity contribution in [2.24, 2.45) is 0 Å². The number of carbonyl (C=O) groups is 1. The minimum absolute atomic E-state index is 0.0546. The van der Waals surface area contributed by atoms with Crippen LogP contribution in [0.25, 0.3) is 0 Å². The zero-order valence-corrected chi connectivity index (χ0v) is 9.30. The van der Waals surface area contributed by atoms with Crippen molar-refractivity contribution < 1.29 is 9.53 Å². The molecule has 6 heteroatoms. The smallest absolute Gasteiger partial charge is 0.244 e. The van der Waals surface area contributed by atoms with Gasteiger partial charge in [-0.15, -0.1) is 0 Å². The van der Waals surface area contributed by atoms with Crippen molar-refractivity contribution in [1.29, 1.82) is 0 Å². The van der Waals surface area contributed by atoms with Crippen LogP contribution in [0.4, 0.5) is 0 Å². The second-order valence-electron chi connectivity index (χ2n) is 3.93. The number of hydrogen-bond acceptors (Lipinski definition) is 4. The van der Waals surface area contributed by atoms with E-state index in [0.29, 0.717) is 6.54 Å². The first-order valence-corrected chi connectivity index (χ1v) is 5.51. The summed E-state index contributed by atoms with van der Waals surface area (Å²) in [6, 6.07) is -0.330. The first-order valence-electron chi connectivity index (χ1n) is 5.51. The van der Waals surface area contributed by atoms with E-state index < -0.39 is 0 Å². The summed E-state index contributed by atoms with van der Waals surface area (Å²) in [6.45, 7) is 3.18. The number of carbonyl (C=O) groups excluding carboxylic acids is 1. The van der Waals surface area contributed by atoms with E-state index in [1.54, 1.807) is 6.92 Å². The molecule has 1 aromatic rings. The maximum absolute atomic E-state index is 11.7. The van der Waals surface area contributed by atoms with Crippen LogP contribution in [0.1, 0.15) is 25.8 Å². The van der Waals surface area contributed by atoms with Crippen molar-refractivity contribution in [1.82, 2.24) is 20.1 Å². The van der Waals surface area contributed by atoms with E-state index in [2.05, 4.69) is 15.4 Å². The van der Waals surface area contributed by atoms with Crippen LogP contribution < -0.4 is 5.32 Å². The Morgan fingerprint density at radius 1 is 1.75 bits per heavy atom. The molecule has 0 unspecified atom stereocenters. The van der Waals surface area contributed by atoms with Gasteiger partial charge in [-0.1, -0.05) is 0 Å². The molecule has 1 saturated heterocycles. The topological polar surface area (TPSA) is 69.0 Å². The zero-order valence-electron chi connectivity index (χ0n) is 9.30. The van der Waals surface area contributed by atoms with Crippen molar-refractivity contribution in [3.63, 3.8) is 0 Å². The summed E-state index contributed by atoms with van der Waals surface area (Å²) in [6.07, 6.45) is 5.24. The van der Waals surface area contributed by atoms with E-state index in [4.69, 9.17) is 4.74 Å². The molecule has 1 aliphatic heterocycles. The number of nitrogens with one attached hydrogen (secondary N) is 1. The summed E-state index contributed by atoms with van der Waals surface area (Å²) in [5, 5.41) is 6.79. The van der Waals surface area contributed by atoms with Gasteiger partial charge >= 0.3 is 0 Å². The van der Waals surface area contributed by atoms with Crippen LogP contribution in [0, 0.1) is 0 Å². The fraction of sp³-hybridized carbons (Fsp3) is 0.700. The minimum atomic E-state index is -0.330. The molecule has 0 saturated carbocycles. The Bertz CT molecular complexity index is 333. The minimum Gasteiger partial charge on any atom is -0.376 e. The van der Waals surface area contributed by atoms with Crippen molar-refractivity contribution in [3.05, 3.63) is 12.7 Å². The number of ether oxygens (including phenoxy) is 1. The van der Waals surface area contributed by atoms with Crippen LogP contribution in [0.2, 0.25) is 0 Å². The van der Waals surface area contributed by atoms with Crippen LogP contribution in [0.3, 0.4) is 0 Å². The van der Waals surface area contributed by atoms with Gasteiger partial charge in [-0.05, 0) is 19.8 Å². The van der Waals surface area contributed by atoms with E-state index in [-0.39, 0.29) is 18.1 Å². The van der Waals surface area contributed by atoms with Gasteiger partial charge in [-0.25, -0.2) is 9.67 Å². The molecule has 1 amide bonds. The monoisotopic (exact) mass is 224 g/mol. The first-order chi connectivity index (χ1) is 7.77. The second kappa shape index (κ2) is 5.07. The third-order valence-electron chi connectivity index (χ3n) is 2.74. The molecule has 1 fully saturated rings. The fourth-order valence-corrected chi connectivity index (χ4v) is 1.70. The molecular weight excluding hydrogens is 208 g/mol. The summed E-state index contributed by atoms with van der Waals surface area (Å²) < 4.78 is 6.96. The average molecular weight is 224 g/mol. The standard InChI is InChI=1S/C10H16N4O2/c1-8(14-7-11-6-13-14)10(15)12-5-9-3-2-4-16-9/h6-9H,2-5H2,1H3,(H,12,15)/t8-,9+/m1/s1. The molecule has 16 heavy (non-hydrogen) atoms. The predicted molar refractivity (Wildman–Crippen MR) is 56.7 cm³/mol. The molecule has 1 aliphatic rings. The average Bonchev–Trinajstić information content (AvgIpc) is 2.96. The van der Waals surface area contributed by atoms with E-state index in [1.165, 1.54) is 17.3 Å². The molecule has 0 radical (unpaired) electrons. The van der Waals surface area contributed by atoms with E-state index in [0.717, 1.165) is 19.4 Å².